The Morgan fingerprint density at radius 3 is 2.74 bits per heavy atom. The van der Waals surface area contributed by atoms with Gasteiger partial charge in [0.15, 0.2) is 0 Å². The Morgan fingerprint density at radius 1 is 1.37 bits per heavy atom. The molecule has 2 rings (SSSR count). The molecule has 98 valence electrons. The summed E-state index contributed by atoms with van der Waals surface area (Å²) in [4.78, 5) is 26.7. The fourth-order valence-electron chi connectivity index (χ4n) is 1.65. The number of carboxylic acid groups (broad SMARTS) is 1. The Hall–Kier alpha value is -2.63. The number of aliphatic carboxylic acids is 1. The lowest BCUT2D eigenvalue weighted by Gasteiger charge is -2.10. The predicted molar refractivity (Wildman–Crippen MR) is 70.7 cm³/mol. The number of nitrogens with two attached hydrogens (primary N) is 1. The Morgan fingerprint density at radius 2 is 2.05 bits per heavy atom. The normalized spacial score (nSPS) is 12.1. The van der Waals surface area contributed by atoms with Crippen LogP contribution in [0.3, 0.4) is 0 Å². The quantitative estimate of drug-likeness (QED) is 0.763. The van der Waals surface area contributed by atoms with Crippen molar-refractivity contribution in [2.24, 2.45) is 0 Å². The SMILES string of the molecule is CC(NC(=O)c1cc(N)c2ccccc2n1)C(=O)O. The van der Waals surface area contributed by atoms with Crippen LogP contribution in [-0.2, 0) is 4.79 Å². The number of hydrogen-bond acceptors (Lipinski definition) is 4. The molecule has 1 aromatic carbocycles. The summed E-state index contributed by atoms with van der Waals surface area (Å²) in [7, 11) is 0. The molecule has 0 bridgehead atoms. The molecule has 2 aromatic rings. The van der Waals surface area contributed by atoms with E-state index in [0.29, 0.717) is 11.2 Å². The molecule has 0 aliphatic carbocycles. The Bertz CT molecular complexity index is 655. The average molecular weight is 259 g/mol. The Kier molecular flexibility index (Phi) is 3.33. The zero-order valence-electron chi connectivity index (χ0n) is 10.3. The summed E-state index contributed by atoms with van der Waals surface area (Å²) in [5.41, 5.74) is 6.97. The van der Waals surface area contributed by atoms with E-state index in [9.17, 15) is 9.59 Å². The molecule has 4 N–H and O–H groups in total. The number of nitrogens with zero attached hydrogens (tertiary/aromatic N) is 1. The molecule has 0 aliphatic rings. The number of nitrogen functional groups attached to an aromatic ring is 1. The van der Waals surface area contributed by atoms with Crippen LogP contribution >= 0.6 is 0 Å². The van der Waals surface area contributed by atoms with E-state index in [1.807, 2.05) is 6.07 Å². The number of carbonyl (C=O) groups excluding carboxylic acids is 1. The van der Waals surface area contributed by atoms with E-state index in [-0.39, 0.29) is 5.69 Å². The minimum atomic E-state index is -1.11. The minimum absolute atomic E-state index is 0.101. The van der Waals surface area contributed by atoms with Crippen LogP contribution in [0.2, 0.25) is 0 Å². The van der Waals surface area contributed by atoms with Crippen LogP contribution in [0.15, 0.2) is 30.3 Å². The van der Waals surface area contributed by atoms with Gasteiger partial charge in [-0.05, 0) is 19.1 Å². The third kappa shape index (κ3) is 2.62. The lowest BCUT2D eigenvalue weighted by Crippen LogP contribution is -2.38. The molecule has 0 radical (unpaired) electrons. The van der Waals surface area contributed by atoms with Crippen molar-refractivity contribution >= 4 is 28.5 Å². The highest BCUT2D eigenvalue weighted by atomic mass is 16.4. The monoisotopic (exact) mass is 259 g/mol. The van der Waals surface area contributed by atoms with Gasteiger partial charge in [-0.2, -0.15) is 0 Å². The van der Waals surface area contributed by atoms with Crippen molar-refractivity contribution in [3.05, 3.63) is 36.0 Å². The van der Waals surface area contributed by atoms with Crippen LogP contribution in [0, 0.1) is 0 Å². The van der Waals surface area contributed by atoms with Gasteiger partial charge in [0.2, 0.25) is 0 Å². The molecule has 0 saturated heterocycles. The van der Waals surface area contributed by atoms with Gasteiger partial charge >= 0.3 is 5.97 Å². The molecule has 19 heavy (non-hydrogen) atoms. The number of rotatable bonds is 3. The summed E-state index contributed by atoms with van der Waals surface area (Å²) in [6.07, 6.45) is 0. The van der Waals surface area contributed by atoms with Gasteiger partial charge in [-0.3, -0.25) is 9.59 Å². The first-order valence-corrected chi connectivity index (χ1v) is 5.68. The van der Waals surface area contributed by atoms with Gasteiger partial charge in [-0.1, -0.05) is 18.2 Å². The van der Waals surface area contributed by atoms with Gasteiger partial charge in [-0.15, -0.1) is 0 Å². The highest BCUT2D eigenvalue weighted by Crippen LogP contribution is 2.19. The van der Waals surface area contributed by atoms with Crippen molar-refractivity contribution in [1.29, 1.82) is 0 Å². The van der Waals surface area contributed by atoms with Crippen LogP contribution < -0.4 is 11.1 Å². The zero-order chi connectivity index (χ0) is 14.0. The van der Waals surface area contributed by atoms with E-state index < -0.39 is 17.9 Å². The number of anilines is 1. The number of carbonyl (C=O) groups is 2. The number of fused-ring (bicyclic) bond motifs is 1. The zero-order valence-corrected chi connectivity index (χ0v) is 10.3. The second-order valence-corrected chi connectivity index (χ2v) is 4.15. The second kappa shape index (κ2) is 4.93. The molecule has 0 saturated carbocycles. The van der Waals surface area contributed by atoms with E-state index >= 15 is 0 Å². The number of hydrogen-bond donors (Lipinski definition) is 3. The van der Waals surface area contributed by atoms with Crippen LogP contribution in [0.1, 0.15) is 17.4 Å². The summed E-state index contributed by atoms with van der Waals surface area (Å²) in [6.45, 7) is 1.38. The highest BCUT2D eigenvalue weighted by molar-refractivity contribution is 6.00. The van der Waals surface area contributed by atoms with Gasteiger partial charge in [0.05, 0.1) is 5.52 Å². The van der Waals surface area contributed by atoms with Gasteiger partial charge in [0.1, 0.15) is 11.7 Å². The van der Waals surface area contributed by atoms with Gasteiger partial charge in [0.25, 0.3) is 5.91 Å². The standard InChI is InChI=1S/C13H13N3O3/c1-7(13(18)19)15-12(17)11-6-9(14)8-4-2-3-5-10(8)16-11/h2-7H,1H3,(H2,14,16)(H,15,17)(H,18,19). The van der Waals surface area contributed by atoms with Crippen molar-refractivity contribution in [3.8, 4) is 0 Å². The lowest BCUT2D eigenvalue weighted by atomic mass is 10.1. The smallest absolute Gasteiger partial charge is 0.325 e. The molecular weight excluding hydrogens is 246 g/mol. The topological polar surface area (TPSA) is 105 Å². The molecule has 1 aromatic heterocycles. The van der Waals surface area contributed by atoms with Crippen LogP contribution in [0.5, 0.6) is 0 Å². The highest BCUT2D eigenvalue weighted by Gasteiger charge is 2.17. The van der Waals surface area contributed by atoms with Gasteiger partial charge < -0.3 is 16.2 Å². The van der Waals surface area contributed by atoms with E-state index in [1.54, 1.807) is 18.2 Å². The summed E-state index contributed by atoms with van der Waals surface area (Å²) in [6, 6.07) is 7.61. The summed E-state index contributed by atoms with van der Waals surface area (Å²) in [5, 5.41) is 11.8. The molecule has 1 atom stereocenters. The summed E-state index contributed by atoms with van der Waals surface area (Å²) >= 11 is 0. The maximum absolute atomic E-state index is 11.9. The first-order chi connectivity index (χ1) is 8.99. The minimum Gasteiger partial charge on any atom is -0.480 e. The van der Waals surface area contributed by atoms with Crippen molar-refractivity contribution in [2.45, 2.75) is 13.0 Å². The third-order valence-corrected chi connectivity index (χ3v) is 2.70. The Labute approximate surface area is 109 Å². The first kappa shape index (κ1) is 12.8. The van der Waals surface area contributed by atoms with E-state index in [4.69, 9.17) is 10.8 Å². The molecule has 0 aliphatic heterocycles. The van der Waals surface area contributed by atoms with E-state index in [0.717, 1.165) is 5.39 Å². The summed E-state index contributed by atoms with van der Waals surface area (Å²) in [5.74, 6) is -1.67. The average Bonchev–Trinajstić information content (AvgIpc) is 2.38. The number of carboxylic acids is 1. The number of nitrogens with one attached hydrogen (secondary N) is 1. The molecular formula is C13H13N3O3. The molecule has 1 heterocycles. The number of pyridine rings is 1. The molecule has 0 fully saturated rings. The molecule has 1 unspecified atom stereocenters. The third-order valence-electron chi connectivity index (χ3n) is 2.70. The second-order valence-electron chi connectivity index (χ2n) is 4.15. The van der Waals surface area contributed by atoms with E-state index in [1.165, 1.54) is 13.0 Å². The number of aromatic nitrogens is 1. The fraction of sp³-hybridized carbons (Fsp3) is 0.154. The largest absolute Gasteiger partial charge is 0.480 e. The van der Waals surface area contributed by atoms with E-state index in [2.05, 4.69) is 10.3 Å². The predicted octanol–water partition coefficient (Wildman–Crippen LogP) is 1.02. The van der Waals surface area contributed by atoms with Crippen molar-refractivity contribution < 1.29 is 14.7 Å². The molecule has 6 nitrogen and oxygen atoms in total. The maximum Gasteiger partial charge on any atom is 0.325 e. The molecule has 6 heteroatoms. The van der Waals surface area contributed by atoms with Crippen LogP contribution in [-0.4, -0.2) is 28.0 Å². The van der Waals surface area contributed by atoms with Crippen molar-refractivity contribution in [3.63, 3.8) is 0 Å². The molecule has 0 spiro atoms. The van der Waals surface area contributed by atoms with Gasteiger partial charge in [0, 0.05) is 11.1 Å². The lowest BCUT2D eigenvalue weighted by molar-refractivity contribution is -0.138. The maximum atomic E-state index is 11.9. The fourth-order valence-corrected chi connectivity index (χ4v) is 1.65. The number of para-hydroxylation sites is 1. The van der Waals surface area contributed by atoms with Crippen molar-refractivity contribution in [1.82, 2.24) is 10.3 Å². The first-order valence-electron chi connectivity index (χ1n) is 5.68. The Balaban J connectivity index is 2.35. The van der Waals surface area contributed by atoms with Gasteiger partial charge in [-0.25, -0.2) is 4.98 Å². The molecule has 1 amide bonds. The summed E-state index contributed by atoms with van der Waals surface area (Å²) < 4.78 is 0. The number of amides is 1. The van der Waals surface area contributed by atoms with Crippen LogP contribution in [0.4, 0.5) is 5.69 Å². The number of benzene rings is 1. The van der Waals surface area contributed by atoms with Crippen molar-refractivity contribution in [2.75, 3.05) is 5.73 Å². The van der Waals surface area contributed by atoms with Crippen LogP contribution in [0.25, 0.3) is 10.9 Å².